The number of hydrogen-bond donors (Lipinski definition) is 2. The van der Waals surface area contributed by atoms with Crippen molar-refractivity contribution in [1.82, 2.24) is 0 Å². The van der Waals surface area contributed by atoms with Crippen molar-refractivity contribution < 1.29 is 14.7 Å². The van der Waals surface area contributed by atoms with Crippen molar-refractivity contribution in [3.05, 3.63) is 29.3 Å². The van der Waals surface area contributed by atoms with Gasteiger partial charge in [-0.1, -0.05) is 19.9 Å². The van der Waals surface area contributed by atoms with E-state index in [4.69, 9.17) is 5.11 Å². The first kappa shape index (κ1) is 13.6. The summed E-state index contributed by atoms with van der Waals surface area (Å²) in [5.74, 6) is -2.43. The van der Waals surface area contributed by atoms with E-state index in [1.807, 2.05) is 18.2 Å². The average Bonchev–Trinajstić information content (AvgIpc) is 2.84. The third-order valence-electron chi connectivity index (χ3n) is 3.92. The fourth-order valence-electron chi connectivity index (χ4n) is 2.35. The zero-order valence-corrected chi connectivity index (χ0v) is 11.3. The van der Waals surface area contributed by atoms with Gasteiger partial charge in [-0.15, -0.1) is 0 Å². The van der Waals surface area contributed by atoms with Crippen LogP contribution in [0.25, 0.3) is 0 Å². The monoisotopic (exact) mass is 261 g/mol. The Balaban J connectivity index is 2.05. The van der Waals surface area contributed by atoms with Crippen LogP contribution in [0, 0.1) is 11.8 Å². The molecule has 2 unspecified atom stereocenters. The van der Waals surface area contributed by atoms with Crippen LogP contribution in [0.15, 0.2) is 18.2 Å². The summed E-state index contributed by atoms with van der Waals surface area (Å²) in [6, 6.07) is 5.93. The lowest BCUT2D eigenvalue weighted by atomic mass is 9.95. The molecule has 0 spiro atoms. The molecule has 2 atom stereocenters. The van der Waals surface area contributed by atoms with Crippen LogP contribution in [0.4, 0.5) is 5.69 Å². The smallest absolute Gasteiger partial charge is 0.307 e. The minimum absolute atomic E-state index is 0.243. The van der Waals surface area contributed by atoms with Crippen LogP contribution in [0.1, 0.15) is 31.4 Å². The summed E-state index contributed by atoms with van der Waals surface area (Å²) >= 11 is 0. The van der Waals surface area contributed by atoms with Gasteiger partial charge in [-0.05, 0) is 42.5 Å². The highest BCUT2D eigenvalue weighted by molar-refractivity contribution is 5.94. The molecule has 0 saturated carbocycles. The molecule has 0 heterocycles. The SMILES string of the molecule is CC(C(=O)O)C(C)C(=O)Nc1ccc2c(c1)CCC2. The van der Waals surface area contributed by atoms with Crippen molar-refractivity contribution in [3.8, 4) is 0 Å². The molecule has 4 nitrogen and oxygen atoms in total. The van der Waals surface area contributed by atoms with Crippen LogP contribution >= 0.6 is 0 Å². The summed E-state index contributed by atoms with van der Waals surface area (Å²) in [6.07, 6.45) is 3.33. The number of aliphatic carboxylic acids is 1. The number of carbonyl (C=O) groups is 2. The Morgan fingerprint density at radius 2 is 1.84 bits per heavy atom. The first-order valence-electron chi connectivity index (χ1n) is 6.64. The van der Waals surface area contributed by atoms with Gasteiger partial charge in [0.25, 0.3) is 0 Å². The van der Waals surface area contributed by atoms with Gasteiger partial charge in [0, 0.05) is 11.6 Å². The van der Waals surface area contributed by atoms with E-state index in [2.05, 4.69) is 5.32 Å². The van der Waals surface area contributed by atoms with Crippen LogP contribution < -0.4 is 5.32 Å². The highest BCUT2D eigenvalue weighted by Crippen LogP contribution is 2.25. The molecule has 2 rings (SSSR count). The highest BCUT2D eigenvalue weighted by Gasteiger charge is 2.25. The van der Waals surface area contributed by atoms with Crippen LogP contribution in [0.3, 0.4) is 0 Å². The van der Waals surface area contributed by atoms with Crippen LogP contribution in [-0.4, -0.2) is 17.0 Å². The Kier molecular flexibility index (Phi) is 3.88. The van der Waals surface area contributed by atoms with E-state index in [1.54, 1.807) is 13.8 Å². The molecular formula is C15H19NO3. The van der Waals surface area contributed by atoms with E-state index >= 15 is 0 Å². The summed E-state index contributed by atoms with van der Waals surface area (Å²) in [6.45, 7) is 3.19. The van der Waals surface area contributed by atoms with Gasteiger partial charge in [-0.25, -0.2) is 0 Å². The van der Waals surface area contributed by atoms with Gasteiger partial charge in [-0.3, -0.25) is 9.59 Å². The largest absolute Gasteiger partial charge is 0.481 e. The predicted molar refractivity (Wildman–Crippen MR) is 73.1 cm³/mol. The van der Waals surface area contributed by atoms with Gasteiger partial charge >= 0.3 is 5.97 Å². The molecule has 2 N–H and O–H groups in total. The zero-order valence-electron chi connectivity index (χ0n) is 11.3. The molecule has 1 aromatic carbocycles. The Morgan fingerprint density at radius 3 is 2.53 bits per heavy atom. The molecule has 0 saturated heterocycles. The molecule has 1 aliphatic carbocycles. The highest BCUT2D eigenvalue weighted by atomic mass is 16.4. The van der Waals surface area contributed by atoms with Crippen LogP contribution in [-0.2, 0) is 22.4 Å². The van der Waals surface area contributed by atoms with Gasteiger partial charge < -0.3 is 10.4 Å². The molecule has 0 bridgehead atoms. The Hall–Kier alpha value is -1.84. The standard InChI is InChI=1S/C15H19NO3/c1-9(10(2)15(18)19)14(17)16-13-7-6-11-4-3-5-12(11)8-13/h6-10H,3-5H2,1-2H3,(H,16,17)(H,18,19). The number of amides is 1. The van der Waals surface area contributed by atoms with Crippen LogP contribution in [0.5, 0.6) is 0 Å². The molecule has 1 aromatic rings. The third-order valence-corrected chi connectivity index (χ3v) is 3.92. The number of anilines is 1. The second-order valence-electron chi connectivity index (χ2n) is 5.24. The Labute approximate surface area is 112 Å². The fraction of sp³-hybridized carbons (Fsp3) is 0.467. The van der Waals surface area contributed by atoms with Gasteiger partial charge in [0.05, 0.1) is 5.92 Å². The number of carboxylic acids is 1. The number of aryl methyl sites for hydroxylation is 2. The van der Waals surface area contributed by atoms with Gasteiger partial charge in [0.1, 0.15) is 0 Å². The molecule has 4 heteroatoms. The molecule has 0 fully saturated rings. The maximum absolute atomic E-state index is 12.0. The molecule has 0 radical (unpaired) electrons. The molecule has 19 heavy (non-hydrogen) atoms. The predicted octanol–water partition coefficient (Wildman–Crippen LogP) is 2.47. The topological polar surface area (TPSA) is 66.4 Å². The summed E-state index contributed by atoms with van der Waals surface area (Å²) in [5.41, 5.74) is 3.40. The normalized spacial score (nSPS) is 16.5. The van der Waals surface area contributed by atoms with Gasteiger partial charge in [0.15, 0.2) is 0 Å². The summed E-state index contributed by atoms with van der Waals surface area (Å²) < 4.78 is 0. The quantitative estimate of drug-likeness (QED) is 0.875. The van der Waals surface area contributed by atoms with Crippen LogP contribution in [0.2, 0.25) is 0 Å². The van der Waals surface area contributed by atoms with E-state index in [1.165, 1.54) is 17.5 Å². The number of nitrogens with one attached hydrogen (secondary N) is 1. The number of carboxylic acid groups (broad SMARTS) is 1. The Morgan fingerprint density at radius 1 is 1.16 bits per heavy atom. The average molecular weight is 261 g/mol. The van der Waals surface area contributed by atoms with E-state index in [-0.39, 0.29) is 5.91 Å². The van der Waals surface area contributed by atoms with Crippen molar-refractivity contribution in [2.75, 3.05) is 5.32 Å². The maximum Gasteiger partial charge on any atom is 0.307 e. The fourth-order valence-corrected chi connectivity index (χ4v) is 2.35. The molecule has 102 valence electrons. The number of fused-ring (bicyclic) bond motifs is 1. The van der Waals surface area contributed by atoms with E-state index < -0.39 is 17.8 Å². The summed E-state index contributed by atoms with van der Waals surface area (Å²) in [5, 5.41) is 11.7. The maximum atomic E-state index is 12.0. The number of rotatable bonds is 4. The lowest BCUT2D eigenvalue weighted by Crippen LogP contribution is -2.29. The van der Waals surface area contributed by atoms with Crippen molar-refractivity contribution in [1.29, 1.82) is 0 Å². The number of benzene rings is 1. The minimum atomic E-state index is -0.948. The van der Waals surface area contributed by atoms with Crippen molar-refractivity contribution in [3.63, 3.8) is 0 Å². The van der Waals surface area contributed by atoms with E-state index in [9.17, 15) is 9.59 Å². The summed E-state index contributed by atoms with van der Waals surface area (Å²) in [7, 11) is 0. The van der Waals surface area contributed by atoms with Gasteiger partial charge in [0.2, 0.25) is 5.91 Å². The molecular weight excluding hydrogens is 242 g/mol. The van der Waals surface area contributed by atoms with Crippen molar-refractivity contribution >= 4 is 17.6 Å². The minimum Gasteiger partial charge on any atom is -0.481 e. The van der Waals surface area contributed by atoms with Crippen molar-refractivity contribution in [2.45, 2.75) is 33.1 Å². The number of hydrogen-bond acceptors (Lipinski definition) is 2. The van der Waals surface area contributed by atoms with E-state index in [0.29, 0.717) is 0 Å². The van der Waals surface area contributed by atoms with Gasteiger partial charge in [-0.2, -0.15) is 0 Å². The second kappa shape index (κ2) is 5.43. The molecule has 0 aromatic heterocycles. The summed E-state index contributed by atoms with van der Waals surface area (Å²) in [4.78, 5) is 22.9. The third kappa shape index (κ3) is 2.95. The van der Waals surface area contributed by atoms with Crippen molar-refractivity contribution in [2.24, 2.45) is 11.8 Å². The lowest BCUT2D eigenvalue weighted by Gasteiger charge is -2.16. The molecule has 0 aliphatic heterocycles. The second-order valence-corrected chi connectivity index (χ2v) is 5.24. The lowest BCUT2D eigenvalue weighted by molar-refractivity contribution is -0.145. The molecule has 1 amide bonds. The molecule has 1 aliphatic rings. The number of carbonyl (C=O) groups excluding carboxylic acids is 1. The van der Waals surface area contributed by atoms with E-state index in [0.717, 1.165) is 18.5 Å². The Bertz CT molecular complexity index is 510. The zero-order chi connectivity index (χ0) is 14.0. The first-order valence-corrected chi connectivity index (χ1v) is 6.64. The first-order chi connectivity index (χ1) is 8.99.